The van der Waals surface area contributed by atoms with Crippen molar-refractivity contribution in [2.45, 2.75) is 26.7 Å². The lowest BCUT2D eigenvalue weighted by atomic mass is 10.3. The highest BCUT2D eigenvalue weighted by molar-refractivity contribution is 5.75. The summed E-state index contributed by atoms with van der Waals surface area (Å²) < 4.78 is 0. The molecule has 14 heavy (non-hydrogen) atoms. The molecule has 0 aliphatic heterocycles. The van der Waals surface area contributed by atoms with Crippen LogP contribution in [0.2, 0.25) is 0 Å². The minimum Gasteiger partial charge on any atom is -0.355 e. The van der Waals surface area contributed by atoms with Crippen molar-refractivity contribution in [3.05, 3.63) is 0 Å². The highest BCUT2D eigenvalue weighted by atomic mass is 16.1. The van der Waals surface area contributed by atoms with Crippen molar-refractivity contribution >= 4 is 5.91 Å². The second kappa shape index (κ2) is 8.97. The molecule has 4 nitrogen and oxygen atoms in total. The maximum absolute atomic E-state index is 11.2. The molecule has 0 rings (SSSR count). The number of rotatable bonds is 8. The number of nitrogens with zero attached hydrogens (tertiary/aromatic N) is 1. The van der Waals surface area contributed by atoms with Gasteiger partial charge in [0.2, 0.25) is 5.91 Å². The third kappa shape index (κ3) is 6.86. The zero-order valence-corrected chi connectivity index (χ0v) is 9.38. The topological polar surface area (TPSA) is 58.4 Å². The highest BCUT2D eigenvalue weighted by Crippen LogP contribution is 1.87. The Morgan fingerprint density at radius 1 is 1.36 bits per heavy atom. The molecular formula is C10H23N3O. The molecule has 0 atom stereocenters. The van der Waals surface area contributed by atoms with E-state index in [9.17, 15) is 4.79 Å². The summed E-state index contributed by atoms with van der Waals surface area (Å²) in [7, 11) is 0. The predicted molar refractivity (Wildman–Crippen MR) is 59.1 cm³/mol. The Hall–Kier alpha value is -0.610. The molecule has 0 spiro atoms. The summed E-state index contributed by atoms with van der Waals surface area (Å²) in [6.07, 6.45) is 1.33. The molecule has 3 N–H and O–H groups in total. The molecule has 1 amide bonds. The van der Waals surface area contributed by atoms with Crippen molar-refractivity contribution in [1.29, 1.82) is 0 Å². The van der Waals surface area contributed by atoms with Crippen LogP contribution in [-0.4, -0.2) is 43.5 Å². The maximum atomic E-state index is 11.2. The maximum Gasteiger partial charge on any atom is 0.220 e. The Labute approximate surface area is 86.8 Å². The van der Waals surface area contributed by atoms with Crippen LogP contribution >= 0.6 is 0 Å². The van der Waals surface area contributed by atoms with Gasteiger partial charge in [0.05, 0.1) is 0 Å². The Morgan fingerprint density at radius 3 is 2.50 bits per heavy atom. The summed E-state index contributed by atoms with van der Waals surface area (Å²) in [5.74, 6) is 0.114. The molecule has 0 bridgehead atoms. The van der Waals surface area contributed by atoms with Gasteiger partial charge in [-0.15, -0.1) is 0 Å². The normalized spacial score (nSPS) is 10.6. The second-order valence-electron chi connectivity index (χ2n) is 3.27. The fourth-order valence-electron chi connectivity index (χ4n) is 1.24. The van der Waals surface area contributed by atoms with Crippen molar-refractivity contribution in [1.82, 2.24) is 10.2 Å². The van der Waals surface area contributed by atoms with Gasteiger partial charge >= 0.3 is 0 Å². The van der Waals surface area contributed by atoms with Gasteiger partial charge in [0.15, 0.2) is 0 Å². The van der Waals surface area contributed by atoms with Crippen LogP contribution < -0.4 is 11.1 Å². The predicted octanol–water partition coefficient (Wildman–Crippen LogP) is 0.183. The zero-order chi connectivity index (χ0) is 10.8. The lowest BCUT2D eigenvalue weighted by Gasteiger charge is -2.17. The lowest BCUT2D eigenvalue weighted by molar-refractivity contribution is -0.121. The molecule has 0 heterocycles. The Kier molecular flexibility index (Phi) is 8.57. The van der Waals surface area contributed by atoms with E-state index in [4.69, 9.17) is 5.73 Å². The number of hydrogen-bond acceptors (Lipinski definition) is 3. The van der Waals surface area contributed by atoms with Crippen LogP contribution in [0.25, 0.3) is 0 Å². The van der Waals surface area contributed by atoms with Crippen LogP contribution in [0.15, 0.2) is 0 Å². The van der Waals surface area contributed by atoms with E-state index >= 15 is 0 Å². The summed E-state index contributed by atoms with van der Waals surface area (Å²) in [4.78, 5) is 13.5. The standard InChI is InChI=1S/C10H23N3O/c1-3-13(4-2)9-8-12-10(14)6-5-7-11/h3-9,11H2,1-2H3,(H,12,14). The first kappa shape index (κ1) is 13.4. The molecule has 84 valence electrons. The van der Waals surface area contributed by atoms with Crippen molar-refractivity contribution in [2.75, 3.05) is 32.7 Å². The van der Waals surface area contributed by atoms with Crippen molar-refractivity contribution in [3.63, 3.8) is 0 Å². The second-order valence-corrected chi connectivity index (χ2v) is 3.27. The molecule has 0 unspecified atom stereocenters. The van der Waals surface area contributed by atoms with Crippen molar-refractivity contribution in [2.24, 2.45) is 5.73 Å². The van der Waals surface area contributed by atoms with Crippen LogP contribution in [0.3, 0.4) is 0 Å². The molecule has 0 aromatic rings. The lowest BCUT2D eigenvalue weighted by Crippen LogP contribution is -2.34. The minimum absolute atomic E-state index is 0.114. The van der Waals surface area contributed by atoms with Crippen molar-refractivity contribution < 1.29 is 4.79 Å². The smallest absolute Gasteiger partial charge is 0.220 e. The third-order valence-corrected chi connectivity index (χ3v) is 2.25. The first-order chi connectivity index (χ1) is 6.74. The average molecular weight is 201 g/mol. The number of carbonyl (C=O) groups excluding carboxylic acids is 1. The van der Waals surface area contributed by atoms with E-state index in [-0.39, 0.29) is 5.91 Å². The van der Waals surface area contributed by atoms with E-state index in [1.807, 2.05) is 0 Å². The minimum atomic E-state index is 0.114. The first-order valence-electron chi connectivity index (χ1n) is 5.43. The highest BCUT2D eigenvalue weighted by Gasteiger charge is 2.01. The van der Waals surface area contributed by atoms with Crippen LogP contribution in [-0.2, 0) is 4.79 Å². The quantitative estimate of drug-likeness (QED) is 0.589. The SMILES string of the molecule is CCN(CC)CCNC(=O)CCCN. The van der Waals surface area contributed by atoms with E-state index in [0.717, 1.165) is 32.6 Å². The number of likely N-dealkylation sites (N-methyl/N-ethyl adjacent to an activating group) is 1. The van der Waals surface area contributed by atoms with Gasteiger partial charge in [-0.2, -0.15) is 0 Å². The summed E-state index contributed by atoms with van der Waals surface area (Å²) in [6, 6.07) is 0. The monoisotopic (exact) mass is 201 g/mol. The number of carbonyl (C=O) groups is 1. The summed E-state index contributed by atoms with van der Waals surface area (Å²) in [5, 5.41) is 2.88. The van der Waals surface area contributed by atoms with Crippen LogP contribution in [0, 0.1) is 0 Å². The Balaban J connectivity index is 3.38. The van der Waals surface area contributed by atoms with Crippen molar-refractivity contribution in [3.8, 4) is 0 Å². The van der Waals surface area contributed by atoms with E-state index in [1.165, 1.54) is 0 Å². The van der Waals surface area contributed by atoms with Gasteiger partial charge in [0.1, 0.15) is 0 Å². The summed E-state index contributed by atoms with van der Waals surface area (Å²) in [6.45, 7) is 8.58. The van der Waals surface area contributed by atoms with Gasteiger partial charge in [0, 0.05) is 19.5 Å². The molecule has 0 aliphatic carbocycles. The number of amides is 1. The first-order valence-corrected chi connectivity index (χ1v) is 5.43. The summed E-state index contributed by atoms with van der Waals surface area (Å²) in [5.41, 5.74) is 5.31. The molecule has 0 saturated carbocycles. The van der Waals surface area contributed by atoms with E-state index in [0.29, 0.717) is 13.0 Å². The zero-order valence-electron chi connectivity index (χ0n) is 9.38. The fraction of sp³-hybridized carbons (Fsp3) is 0.900. The fourth-order valence-corrected chi connectivity index (χ4v) is 1.24. The molecule has 0 fully saturated rings. The third-order valence-electron chi connectivity index (χ3n) is 2.25. The van der Waals surface area contributed by atoms with Gasteiger partial charge in [-0.1, -0.05) is 13.8 Å². The van der Waals surface area contributed by atoms with Gasteiger partial charge in [0.25, 0.3) is 0 Å². The number of nitrogens with two attached hydrogens (primary N) is 1. The average Bonchev–Trinajstić information content (AvgIpc) is 2.21. The van der Waals surface area contributed by atoms with Gasteiger partial charge in [-0.05, 0) is 26.1 Å². The van der Waals surface area contributed by atoms with Crippen LogP contribution in [0.4, 0.5) is 0 Å². The van der Waals surface area contributed by atoms with Crippen LogP contribution in [0.1, 0.15) is 26.7 Å². The van der Waals surface area contributed by atoms with E-state index in [1.54, 1.807) is 0 Å². The number of nitrogens with one attached hydrogen (secondary N) is 1. The van der Waals surface area contributed by atoms with E-state index < -0.39 is 0 Å². The Morgan fingerprint density at radius 2 is 2.00 bits per heavy atom. The van der Waals surface area contributed by atoms with E-state index in [2.05, 4.69) is 24.1 Å². The van der Waals surface area contributed by atoms with Gasteiger partial charge < -0.3 is 16.0 Å². The Bertz CT molecular complexity index is 146. The summed E-state index contributed by atoms with van der Waals surface area (Å²) >= 11 is 0. The van der Waals surface area contributed by atoms with Gasteiger partial charge in [-0.25, -0.2) is 0 Å². The van der Waals surface area contributed by atoms with Crippen LogP contribution in [0.5, 0.6) is 0 Å². The largest absolute Gasteiger partial charge is 0.355 e. The molecule has 0 aliphatic rings. The molecule has 4 heteroatoms. The van der Waals surface area contributed by atoms with Gasteiger partial charge in [-0.3, -0.25) is 4.79 Å². The molecule has 0 saturated heterocycles. The molecular weight excluding hydrogens is 178 g/mol. The number of hydrogen-bond donors (Lipinski definition) is 2. The molecule has 0 radical (unpaired) electrons. The molecule has 0 aromatic carbocycles. The molecule has 0 aromatic heterocycles.